The molecule has 2 rings (SSSR count). The first kappa shape index (κ1) is 10.7. The third-order valence-electron chi connectivity index (χ3n) is 2.24. The van der Waals surface area contributed by atoms with Gasteiger partial charge in [-0.2, -0.15) is 5.26 Å². The van der Waals surface area contributed by atoms with Gasteiger partial charge in [0.2, 0.25) is 0 Å². The van der Waals surface area contributed by atoms with Crippen molar-refractivity contribution in [3.8, 4) is 6.07 Å². The SMILES string of the molecule is N#Cc1c(N)nc(Br)n1Cc1ccccc1. The number of nitriles is 1. The third kappa shape index (κ3) is 1.92. The Kier molecular flexibility index (Phi) is 2.93. The maximum Gasteiger partial charge on any atom is 0.180 e. The average molecular weight is 277 g/mol. The molecule has 0 saturated carbocycles. The summed E-state index contributed by atoms with van der Waals surface area (Å²) in [5, 5.41) is 8.98. The lowest BCUT2D eigenvalue weighted by atomic mass is 10.2. The standard InChI is InChI=1S/C11H9BrN4/c12-11-15-10(14)9(6-13)16(11)7-8-4-2-1-3-5-8/h1-5H,7,14H2. The first-order valence-corrected chi connectivity index (χ1v) is 5.47. The molecule has 0 bridgehead atoms. The molecular weight excluding hydrogens is 268 g/mol. The van der Waals surface area contributed by atoms with Crippen LogP contribution >= 0.6 is 15.9 Å². The lowest BCUT2D eigenvalue weighted by Gasteiger charge is -2.05. The molecule has 0 aliphatic heterocycles. The molecule has 0 aliphatic rings. The minimum Gasteiger partial charge on any atom is -0.381 e. The second-order valence-corrected chi connectivity index (χ2v) is 4.01. The van der Waals surface area contributed by atoms with Crippen LogP contribution in [0.5, 0.6) is 0 Å². The van der Waals surface area contributed by atoms with Gasteiger partial charge in [-0.1, -0.05) is 30.3 Å². The summed E-state index contributed by atoms with van der Waals surface area (Å²) in [6, 6.07) is 11.9. The largest absolute Gasteiger partial charge is 0.381 e. The minimum absolute atomic E-state index is 0.255. The van der Waals surface area contributed by atoms with Crippen LogP contribution in [0, 0.1) is 11.3 Å². The van der Waals surface area contributed by atoms with Crippen molar-refractivity contribution in [2.24, 2.45) is 0 Å². The average Bonchev–Trinajstić information content (AvgIpc) is 2.55. The minimum atomic E-state index is 0.255. The Hall–Kier alpha value is -1.80. The van der Waals surface area contributed by atoms with Crippen molar-refractivity contribution in [1.29, 1.82) is 5.26 Å². The van der Waals surface area contributed by atoms with Crippen molar-refractivity contribution in [3.63, 3.8) is 0 Å². The molecule has 0 radical (unpaired) electrons. The number of halogens is 1. The molecule has 5 heteroatoms. The molecule has 80 valence electrons. The Morgan fingerprint density at radius 2 is 2.06 bits per heavy atom. The summed E-state index contributed by atoms with van der Waals surface area (Å²) in [5.41, 5.74) is 7.10. The van der Waals surface area contributed by atoms with Crippen LogP contribution in [0.1, 0.15) is 11.3 Å². The Morgan fingerprint density at radius 3 is 2.69 bits per heavy atom. The number of nitrogen functional groups attached to an aromatic ring is 1. The number of hydrogen-bond donors (Lipinski definition) is 1. The van der Waals surface area contributed by atoms with E-state index in [0.29, 0.717) is 17.0 Å². The molecule has 0 amide bonds. The van der Waals surface area contributed by atoms with Gasteiger partial charge in [0, 0.05) is 0 Å². The summed E-state index contributed by atoms with van der Waals surface area (Å²) in [4.78, 5) is 4.01. The first-order valence-electron chi connectivity index (χ1n) is 4.68. The van der Waals surface area contributed by atoms with Crippen LogP contribution in [-0.4, -0.2) is 9.55 Å². The highest BCUT2D eigenvalue weighted by Crippen LogP contribution is 2.19. The molecule has 0 atom stereocenters. The second-order valence-electron chi connectivity index (χ2n) is 3.30. The number of imidazole rings is 1. The van der Waals surface area contributed by atoms with Crippen molar-refractivity contribution in [2.75, 3.05) is 5.73 Å². The molecule has 4 nitrogen and oxygen atoms in total. The molecule has 1 aromatic carbocycles. The smallest absolute Gasteiger partial charge is 0.180 e. The molecular formula is C11H9BrN4. The number of benzene rings is 1. The van der Waals surface area contributed by atoms with Crippen LogP contribution in [0.4, 0.5) is 5.82 Å². The number of hydrogen-bond acceptors (Lipinski definition) is 3. The van der Waals surface area contributed by atoms with Crippen LogP contribution in [0.3, 0.4) is 0 Å². The topological polar surface area (TPSA) is 67.6 Å². The molecule has 16 heavy (non-hydrogen) atoms. The molecule has 1 aromatic heterocycles. The molecule has 0 saturated heterocycles. The zero-order chi connectivity index (χ0) is 11.5. The highest BCUT2D eigenvalue weighted by Gasteiger charge is 2.12. The van der Waals surface area contributed by atoms with E-state index in [9.17, 15) is 0 Å². The normalized spacial score (nSPS) is 10.0. The van der Waals surface area contributed by atoms with E-state index in [4.69, 9.17) is 11.0 Å². The van der Waals surface area contributed by atoms with Gasteiger partial charge in [0.15, 0.2) is 16.2 Å². The van der Waals surface area contributed by atoms with Gasteiger partial charge in [0.25, 0.3) is 0 Å². The maximum absolute atomic E-state index is 8.98. The molecule has 0 unspecified atom stereocenters. The molecule has 0 fully saturated rings. The van der Waals surface area contributed by atoms with Crippen LogP contribution in [0.25, 0.3) is 0 Å². The van der Waals surface area contributed by atoms with E-state index in [2.05, 4.69) is 27.0 Å². The Balaban J connectivity index is 2.39. The van der Waals surface area contributed by atoms with Gasteiger partial charge in [-0.05, 0) is 21.5 Å². The number of nitrogens with two attached hydrogens (primary N) is 1. The summed E-state index contributed by atoms with van der Waals surface area (Å²) < 4.78 is 2.32. The zero-order valence-electron chi connectivity index (χ0n) is 8.39. The summed E-state index contributed by atoms with van der Waals surface area (Å²) in [6.45, 7) is 0.578. The molecule has 0 aliphatic carbocycles. The summed E-state index contributed by atoms with van der Waals surface area (Å²) >= 11 is 3.29. The van der Waals surface area contributed by atoms with Gasteiger partial charge >= 0.3 is 0 Å². The first-order chi connectivity index (χ1) is 7.72. The number of aromatic nitrogens is 2. The van der Waals surface area contributed by atoms with E-state index < -0.39 is 0 Å². The van der Waals surface area contributed by atoms with Gasteiger partial charge in [-0.25, -0.2) is 4.98 Å². The Morgan fingerprint density at radius 1 is 1.38 bits per heavy atom. The van der Waals surface area contributed by atoms with Crippen LogP contribution in [0.15, 0.2) is 35.1 Å². The maximum atomic E-state index is 8.98. The fourth-order valence-corrected chi connectivity index (χ4v) is 1.96. The van der Waals surface area contributed by atoms with Crippen molar-refractivity contribution in [3.05, 3.63) is 46.3 Å². The third-order valence-corrected chi connectivity index (χ3v) is 2.84. The van der Waals surface area contributed by atoms with E-state index in [0.717, 1.165) is 5.56 Å². The fraction of sp³-hybridized carbons (Fsp3) is 0.0909. The van der Waals surface area contributed by atoms with E-state index >= 15 is 0 Å². The molecule has 1 heterocycles. The van der Waals surface area contributed by atoms with Crippen molar-refractivity contribution in [1.82, 2.24) is 9.55 Å². The summed E-state index contributed by atoms with van der Waals surface area (Å²) in [7, 11) is 0. The number of anilines is 1. The van der Waals surface area contributed by atoms with E-state index in [-0.39, 0.29) is 5.82 Å². The van der Waals surface area contributed by atoms with E-state index in [1.807, 2.05) is 30.3 Å². The predicted octanol–water partition coefficient (Wildman–Crippen LogP) is 2.15. The van der Waals surface area contributed by atoms with Crippen molar-refractivity contribution in [2.45, 2.75) is 6.54 Å². The molecule has 2 N–H and O–H groups in total. The number of nitrogens with zero attached hydrogens (tertiary/aromatic N) is 3. The lowest BCUT2D eigenvalue weighted by Crippen LogP contribution is -2.03. The second kappa shape index (κ2) is 4.37. The van der Waals surface area contributed by atoms with Crippen molar-refractivity contribution < 1.29 is 0 Å². The van der Waals surface area contributed by atoms with Gasteiger partial charge in [-0.3, -0.25) is 0 Å². The summed E-state index contributed by atoms with van der Waals surface area (Å²) in [5.74, 6) is 0.255. The van der Waals surface area contributed by atoms with E-state index in [1.165, 1.54) is 0 Å². The highest BCUT2D eigenvalue weighted by molar-refractivity contribution is 9.10. The van der Waals surface area contributed by atoms with Crippen LogP contribution < -0.4 is 5.73 Å². The zero-order valence-corrected chi connectivity index (χ0v) is 9.98. The van der Waals surface area contributed by atoms with Gasteiger partial charge < -0.3 is 10.3 Å². The lowest BCUT2D eigenvalue weighted by molar-refractivity contribution is 0.764. The Labute approximate surface area is 101 Å². The summed E-state index contributed by atoms with van der Waals surface area (Å²) in [6.07, 6.45) is 0. The Bertz CT molecular complexity index is 539. The predicted molar refractivity (Wildman–Crippen MR) is 64.6 cm³/mol. The van der Waals surface area contributed by atoms with E-state index in [1.54, 1.807) is 4.57 Å². The molecule has 2 aromatic rings. The molecule has 0 spiro atoms. The van der Waals surface area contributed by atoms with Gasteiger partial charge in [-0.15, -0.1) is 0 Å². The monoisotopic (exact) mass is 276 g/mol. The van der Waals surface area contributed by atoms with Gasteiger partial charge in [0.1, 0.15) is 6.07 Å². The fourth-order valence-electron chi connectivity index (χ4n) is 1.47. The van der Waals surface area contributed by atoms with Crippen molar-refractivity contribution >= 4 is 21.7 Å². The number of rotatable bonds is 2. The van der Waals surface area contributed by atoms with Crippen LogP contribution in [0.2, 0.25) is 0 Å². The van der Waals surface area contributed by atoms with Crippen LogP contribution in [-0.2, 0) is 6.54 Å². The highest BCUT2D eigenvalue weighted by atomic mass is 79.9. The van der Waals surface area contributed by atoms with Gasteiger partial charge in [0.05, 0.1) is 6.54 Å². The quantitative estimate of drug-likeness (QED) is 0.914.